The van der Waals surface area contributed by atoms with Gasteiger partial charge < -0.3 is 14.6 Å². The third-order valence-electron chi connectivity index (χ3n) is 2.87. The first-order valence-corrected chi connectivity index (χ1v) is 8.28. The molecule has 8 heteroatoms. The zero-order valence-electron chi connectivity index (χ0n) is 12.8. The molecule has 0 radical (unpaired) electrons. The van der Waals surface area contributed by atoms with Crippen molar-refractivity contribution in [2.24, 2.45) is 0 Å². The first-order valence-electron chi connectivity index (χ1n) is 6.80. The van der Waals surface area contributed by atoms with E-state index in [9.17, 15) is 13.2 Å². The summed E-state index contributed by atoms with van der Waals surface area (Å²) >= 11 is 0. The van der Waals surface area contributed by atoms with E-state index in [1.165, 1.54) is 32.2 Å². The molecule has 124 valence electrons. The highest BCUT2D eigenvalue weighted by molar-refractivity contribution is 7.89. The summed E-state index contributed by atoms with van der Waals surface area (Å²) in [4.78, 5) is 11.2. The van der Waals surface area contributed by atoms with Crippen molar-refractivity contribution in [3.63, 3.8) is 0 Å². The van der Waals surface area contributed by atoms with E-state index in [2.05, 4.69) is 9.46 Å². The van der Waals surface area contributed by atoms with Gasteiger partial charge in [-0.3, -0.25) is 0 Å². The minimum absolute atomic E-state index is 0.0651. The number of rotatable bonds is 8. The fraction of sp³-hybridized carbons (Fsp3) is 0.500. The van der Waals surface area contributed by atoms with E-state index in [1.807, 2.05) is 6.92 Å². The predicted octanol–water partition coefficient (Wildman–Crippen LogP) is 0.460. The van der Waals surface area contributed by atoms with Gasteiger partial charge in [0.2, 0.25) is 10.0 Å². The molecule has 7 nitrogen and oxygen atoms in total. The molecule has 1 aromatic rings. The van der Waals surface area contributed by atoms with Crippen molar-refractivity contribution < 1.29 is 27.8 Å². The number of sulfonamides is 1. The molecular weight excluding hydrogens is 310 g/mol. The van der Waals surface area contributed by atoms with Gasteiger partial charge in [0, 0.05) is 6.54 Å². The second kappa shape index (κ2) is 8.11. The molecule has 1 unspecified atom stereocenters. The number of carbonyl (C=O) groups excluding carboxylic acids is 1. The Balaban J connectivity index is 2.94. The second-order valence-corrected chi connectivity index (χ2v) is 6.46. The molecule has 0 saturated heterocycles. The van der Waals surface area contributed by atoms with Gasteiger partial charge >= 0.3 is 5.97 Å². The van der Waals surface area contributed by atoms with Crippen LogP contribution in [0.4, 0.5) is 0 Å². The standard InChI is InChI=1S/C14H21NO6S/c1-4-11-7-12(22(18,19)15-8-10(2)16)5-6-13(11)21-9-14(17)20-3/h5-7,10,15-16H,4,8-9H2,1-3H3. The lowest BCUT2D eigenvalue weighted by Gasteiger charge is -2.13. The number of esters is 1. The van der Waals surface area contributed by atoms with Gasteiger partial charge in [-0.15, -0.1) is 0 Å². The van der Waals surface area contributed by atoms with E-state index < -0.39 is 22.1 Å². The number of aliphatic hydroxyl groups excluding tert-OH is 1. The maximum absolute atomic E-state index is 12.1. The van der Waals surface area contributed by atoms with E-state index >= 15 is 0 Å². The Hall–Kier alpha value is -1.64. The predicted molar refractivity (Wildman–Crippen MR) is 80.2 cm³/mol. The largest absolute Gasteiger partial charge is 0.482 e. The number of benzene rings is 1. The van der Waals surface area contributed by atoms with Crippen molar-refractivity contribution in [3.05, 3.63) is 23.8 Å². The quantitative estimate of drug-likeness (QED) is 0.671. The normalized spacial score (nSPS) is 12.7. The monoisotopic (exact) mass is 331 g/mol. The van der Waals surface area contributed by atoms with Crippen LogP contribution in [0.2, 0.25) is 0 Å². The van der Waals surface area contributed by atoms with E-state index in [0.717, 1.165) is 0 Å². The highest BCUT2D eigenvalue weighted by Crippen LogP contribution is 2.23. The highest BCUT2D eigenvalue weighted by Gasteiger charge is 2.17. The van der Waals surface area contributed by atoms with Gasteiger partial charge in [-0.25, -0.2) is 17.9 Å². The molecule has 0 amide bonds. The van der Waals surface area contributed by atoms with Gasteiger partial charge in [0.15, 0.2) is 6.61 Å². The van der Waals surface area contributed by atoms with E-state index in [4.69, 9.17) is 9.84 Å². The van der Waals surface area contributed by atoms with Crippen molar-refractivity contribution in [3.8, 4) is 5.75 Å². The van der Waals surface area contributed by atoms with Gasteiger partial charge in [0.05, 0.1) is 18.1 Å². The van der Waals surface area contributed by atoms with Crippen LogP contribution in [-0.2, 0) is 26.0 Å². The number of hydrogen-bond acceptors (Lipinski definition) is 6. The number of ether oxygens (including phenoxy) is 2. The molecule has 0 aromatic heterocycles. The van der Waals surface area contributed by atoms with Crippen LogP contribution in [0.1, 0.15) is 19.4 Å². The highest BCUT2D eigenvalue weighted by atomic mass is 32.2. The molecule has 2 N–H and O–H groups in total. The SMILES string of the molecule is CCc1cc(S(=O)(=O)NCC(C)O)ccc1OCC(=O)OC. The summed E-state index contributed by atoms with van der Waals surface area (Å²) in [7, 11) is -2.44. The molecule has 1 atom stereocenters. The lowest BCUT2D eigenvalue weighted by molar-refractivity contribution is -0.142. The molecule has 0 aliphatic carbocycles. The van der Waals surface area contributed by atoms with Crippen LogP contribution in [0.3, 0.4) is 0 Å². The lowest BCUT2D eigenvalue weighted by Crippen LogP contribution is -2.30. The molecule has 1 aromatic carbocycles. The number of aryl methyl sites for hydroxylation is 1. The average Bonchev–Trinajstić information content (AvgIpc) is 2.50. The van der Waals surface area contributed by atoms with Crippen molar-refractivity contribution in [2.75, 3.05) is 20.3 Å². The van der Waals surface area contributed by atoms with Gasteiger partial charge in [0.25, 0.3) is 0 Å². The Morgan fingerprint density at radius 3 is 2.64 bits per heavy atom. The molecule has 0 fully saturated rings. The van der Waals surface area contributed by atoms with Gasteiger partial charge in [-0.05, 0) is 37.1 Å². The lowest BCUT2D eigenvalue weighted by atomic mass is 10.1. The van der Waals surface area contributed by atoms with E-state index in [-0.39, 0.29) is 18.0 Å². The summed E-state index contributed by atoms with van der Waals surface area (Å²) in [5, 5.41) is 9.16. The summed E-state index contributed by atoms with van der Waals surface area (Å²) in [6.07, 6.45) is -0.237. The van der Waals surface area contributed by atoms with Crippen LogP contribution in [0.5, 0.6) is 5.75 Å². The molecular formula is C14H21NO6S. The zero-order valence-corrected chi connectivity index (χ0v) is 13.6. The second-order valence-electron chi connectivity index (χ2n) is 4.69. The van der Waals surface area contributed by atoms with Crippen molar-refractivity contribution in [1.82, 2.24) is 4.72 Å². The number of carbonyl (C=O) groups is 1. The van der Waals surface area contributed by atoms with Crippen LogP contribution >= 0.6 is 0 Å². The Kier molecular flexibility index (Phi) is 6.79. The van der Waals surface area contributed by atoms with E-state index in [1.54, 1.807) is 0 Å². The Labute approximate surface area is 130 Å². The topological polar surface area (TPSA) is 102 Å². The van der Waals surface area contributed by atoms with Crippen LogP contribution in [0.15, 0.2) is 23.1 Å². The van der Waals surface area contributed by atoms with Crippen molar-refractivity contribution in [1.29, 1.82) is 0 Å². The first-order chi connectivity index (χ1) is 10.3. The maximum Gasteiger partial charge on any atom is 0.343 e. The number of aliphatic hydroxyl groups is 1. The van der Waals surface area contributed by atoms with Crippen LogP contribution in [0, 0.1) is 0 Å². The minimum atomic E-state index is -3.70. The summed E-state index contributed by atoms with van der Waals surface area (Å²) in [5.74, 6) is -0.0836. The van der Waals surface area contributed by atoms with Crippen LogP contribution < -0.4 is 9.46 Å². The summed E-state index contributed by atoms with van der Waals surface area (Å²) in [6.45, 7) is 3.03. The molecule has 0 saturated carbocycles. The maximum atomic E-state index is 12.1. The average molecular weight is 331 g/mol. The number of nitrogens with one attached hydrogen (secondary N) is 1. The summed E-state index contributed by atoms with van der Waals surface area (Å²) < 4.78 is 36.3. The third-order valence-corrected chi connectivity index (χ3v) is 4.29. The fourth-order valence-electron chi connectivity index (χ4n) is 1.65. The Bertz CT molecular complexity index is 612. The van der Waals surface area contributed by atoms with Crippen molar-refractivity contribution >= 4 is 16.0 Å². The summed E-state index contributed by atoms with van der Waals surface area (Å²) in [5.41, 5.74) is 0.656. The van der Waals surface area contributed by atoms with E-state index in [0.29, 0.717) is 17.7 Å². The van der Waals surface area contributed by atoms with Crippen molar-refractivity contribution in [2.45, 2.75) is 31.3 Å². The number of hydrogen-bond donors (Lipinski definition) is 2. The van der Waals surface area contributed by atoms with Gasteiger partial charge in [-0.1, -0.05) is 6.92 Å². The van der Waals surface area contributed by atoms with Crippen LogP contribution in [0.25, 0.3) is 0 Å². The molecule has 22 heavy (non-hydrogen) atoms. The Morgan fingerprint density at radius 2 is 2.09 bits per heavy atom. The molecule has 0 aliphatic heterocycles. The molecule has 0 aliphatic rings. The minimum Gasteiger partial charge on any atom is -0.482 e. The fourth-order valence-corrected chi connectivity index (χ4v) is 2.82. The molecule has 0 spiro atoms. The first kappa shape index (κ1) is 18.4. The smallest absolute Gasteiger partial charge is 0.343 e. The van der Waals surface area contributed by atoms with Gasteiger partial charge in [-0.2, -0.15) is 0 Å². The third kappa shape index (κ3) is 5.28. The Morgan fingerprint density at radius 1 is 1.41 bits per heavy atom. The molecule has 0 heterocycles. The molecule has 1 rings (SSSR count). The summed E-state index contributed by atoms with van der Waals surface area (Å²) in [6, 6.07) is 4.37. The number of methoxy groups -OCH3 is 1. The van der Waals surface area contributed by atoms with Gasteiger partial charge in [0.1, 0.15) is 5.75 Å². The zero-order chi connectivity index (χ0) is 16.8. The van der Waals surface area contributed by atoms with Crippen LogP contribution in [-0.4, -0.2) is 45.9 Å². The molecule has 0 bridgehead atoms.